The van der Waals surface area contributed by atoms with E-state index in [-0.39, 0.29) is 0 Å². The summed E-state index contributed by atoms with van der Waals surface area (Å²) < 4.78 is 0. The van der Waals surface area contributed by atoms with Crippen molar-refractivity contribution in [2.75, 3.05) is 0 Å². The molecule has 0 spiro atoms. The van der Waals surface area contributed by atoms with Crippen LogP contribution in [0.25, 0.3) is 0 Å². The highest BCUT2D eigenvalue weighted by molar-refractivity contribution is 5.12. The van der Waals surface area contributed by atoms with E-state index in [1.54, 1.807) is 0 Å². The molecule has 0 aliphatic heterocycles. The predicted octanol–water partition coefficient (Wildman–Crippen LogP) is 3.18. The van der Waals surface area contributed by atoms with Crippen molar-refractivity contribution in [2.45, 2.75) is 46.0 Å². The number of rotatable bonds is 0. The molecule has 0 heterocycles. The Balaban J connectivity index is 2.15. The second kappa shape index (κ2) is 1.99. The number of fused-ring (bicyclic) bond motifs is 2. The first kappa shape index (κ1) is 6.69. The minimum absolute atomic E-state index is 0.612. The van der Waals surface area contributed by atoms with Crippen LogP contribution in [0.2, 0.25) is 0 Å². The van der Waals surface area contributed by atoms with Crippen LogP contribution >= 0.6 is 0 Å². The molecule has 2 fully saturated rings. The molecule has 0 amide bonds. The molecule has 0 heteroatoms. The monoisotopic (exact) mass is 137 g/mol. The van der Waals surface area contributed by atoms with Gasteiger partial charge in [-0.3, -0.25) is 0 Å². The first-order valence-corrected chi connectivity index (χ1v) is 4.54. The summed E-state index contributed by atoms with van der Waals surface area (Å²) in [4.78, 5) is 0. The van der Waals surface area contributed by atoms with Crippen LogP contribution in [-0.4, -0.2) is 0 Å². The minimum Gasteiger partial charge on any atom is -0.0593 e. The van der Waals surface area contributed by atoms with Gasteiger partial charge in [0, 0.05) is 0 Å². The van der Waals surface area contributed by atoms with E-state index in [2.05, 4.69) is 13.8 Å². The van der Waals surface area contributed by atoms with Gasteiger partial charge in [-0.25, -0.2) is 0 Å². The standard InChI is InChI=1S/C10H17/c1-10(2)7-8-4-3-5-9(10)6-8/h8H,3-7H2,1-2H3. The molecule has 1 radical (unpaired) electrons. The Bertz CT molecular complexity index is 135. The van der Waals surface area contributed by atoms with Crippen molar-refractivity contribution in [3.8, 4) is 0 Å². The Morgan fingerprint density at radius 1 is 1.40 bits per heavy atom. The molecule has 1 atom stereocenters. The van der Waals surface area contributed by atoms with Gasteiger partial charge < -0.3 is 0 Å². The molecule has 0 saturated heterocycles. The normalized spacial score (nSPS) is 38.4. The Kier molecular flexibility index (Phi) is 1.33. The summed E-state index contributed by atoms with van der Waals surface area (Å²) in [5.74, 6) is 2.93. The maximum absolute atomic E-state index is 2.42. The van der Waals surface area contributed by atoms with Gasteiger partial charge in [0.1, 0.15) is 0 Å². The van der Waals surface area contributed by atoms with E-state index in [4.69, 9.17) is 0 Å². The van der Waals surface area contributed by atoms with Gasteiger partial charge in [0.25, 0.3) is 0 Å². The second-order valence-electron chi connectivity index (χ2n) is 4.65. The summed E-state index contributed by atoms with van der Waals surface area (Å²) in [5, 5.41) is 0. The Hall–Kier alpha value is 0. The zero-order valence-electron chi connectivity index (χ0n) is 7.11. The van der Waals surface area contributed by atoms with E-state index >= 15 is 0 Å². The van der Waals surface area contributed by atoms with Crippen LogP contribution in [0.5, 0.6) is 0 Å². The van der Waals surface area contributed by atoms with Crippen molar-refractivity contribution in [3.63, 3.8) is 0 Å². The Labute approximate surface area is 64.0 Å². The molecule has 2 rings (SSSR count). The zero-order chi connectivity index (χ0) is 7.19. The van der Waals surface area contributed by atoms with Gasteiger partial charge in [-0.2, -0.15) is 0 Å². The number of hydrogen-bond acceptors (Lipinski definition) is 0. The third-order valence-electron chi connectivity index (χ3n) is 3.38. The molecule has 2 bridgehead atoms. The summed E-state index contributed by atoms with van der Waals surface area (Å²) in [5.41, 5.74) is 0.612. The van der Waals surface area contributed by atoms with Crippen molar-refractivity contribution >= 4 is 0 Å². The lowest BCUT2D eigenvalue weighted by Crippen LogP contribution is -2.14. The molecule has 0 aromatic carbocycles. The molecule has 2 aliphatic rings. The van der Waals surface area contributed by atoms with Crippen LogP contribution in [0, 0.1) is 17.3 Å². The first-order valence-electron chi connectivity index (χ1n) is 4.54. The van der Waals surface area contributed by atoms with E-state index in [0.717, 1.165) is 5.92 Å². The zero-order valence-corrected chi connectivity index (χ0v) is 7.11. The molecule has 2 saturated carbocycles. The number of hydrogen-bond donors (Lipinski definition) is 0. The van der Waals surface area contributed by atoms with Crippen LogP contribution < -0.4 is 0 Å². The molecule has 0 aromatic heterocycles. The van der Waals surface area contributed by atoms with E-state index in [1.807, 2.05) is 5.92 Å². The van der Waals surface area contributed by atoms with E-state index in [0.29, 0.717) is 5.41 Å². The van der Waals surface area contributed by atoms with Crippen molar-refractivity contribution < 1.29 is 0 Å². The largest absolute Gasteiger partial charge is 0.0593 e. The second-order valence-corrected chi connectivity index (χ2v) is 4.65. The van der Waals surface area contributed by atoms with Crippen LogP contribution in [0.15, 0.2) is 0 Å². The van der Waals surface area contributed by atoms with Gasteiger partial charge in [-0.05, 0) is 36.5 Å². The van der Waals surface area contributed by atoms with Crippen molar-refractivity contribution in [1.82, 2.24) is 0 Å². The maximum Gasteiger partial charge on any atom is -0.0182 e. The lowest BCUT2D eigenvalue weighted by Gasteiger charge is -2.25. The first-order chi connectivity index (χ1) is 4.68. The van der Waals surface area contributed by atoms with Crippen molar-refractivity contribution in [1.29, 1.82) is 0 Å². The summed E-state index contributed by atoms with van der Waals surface area (Å²) in [6.07, 6.45) is 7.36. The molecular weight excluding hydrogens is 120 g/mol. The molecule has 0 N–H and O–H groups in total. The highest BCUT2D eigenvalue weighted by Gasteiger charge is 2.42. The van der Waals surface area contributed by atoms with E-state index < -0.39 is 0 Å². The predicted molar refractivity (Wildman–Crippen MR) is 43.6 cm³/mol. The summed E-state index contributed by atoms with van der Waals surface area (Å²) >= 11 is 0. The highest BCUT2D eigenvalue weighted by Crippen LogP contribution is 2.54. The van der Waals surface area contributed by atoms with Crippen molar-refractivity contribution in [3.05, 3.63) is 5.92 Å². The fourth-order valence-electron chi connectivity index (χ4n) is 2.81. The summed E-state index contributed by atoms with van der Waals surface area (Å²) in [6, 6.07) is 0. The van der Waals surface area contributed by atoms with Crippen LogP contribution in [-0.2, 0) is 0 Å². The lowest BCUT2D eigenvalue weighted by atomic mass is 9.79. The maximum atomic E-state index is 2.42. The van der Waals surface area contributed by atoms with Crippen molar-refractivity contribution in [2.24, 2.45) is 11.3 Å². The fourth-order valence-corrected chi connectivity index (χ4v) is 2.81. The molecule has 0 aromatic rings. The molecule has 0 nitrogen and oxygen atoms in total. The van der Waals surface area contributed by atoms with Gasteiger partial charge in [-0.15, -0.1) is 0 Å². The van der Waals surface area contributed by atoms with E-state index in [1.165, 1.54) is 32.1 Å². The topological polar surface area (TPSA) is 0 Å². The molecule has 57 valence electrons. The van der Waals surface area contributed by atoms with Gasteiger partial charge in [-0.1, -0.05) is 26.7 Å². The minimum atomic E-state index is 0.612. The van der Waals surface area contributed by atoms with Crippen LogP contribution in [0.4, 0.5) is 0 Å². The highest BCUT2D eigenvalue weighted by atomic mass is 14.5. The lowest BCUT2D eigenvalue weighted by molar-refractivity contribution is 0.390. The van der Waals surface area contributed by atoms with Gasteiger partial charge in [0.05, 0.1) is 0 Å². The SMILES string of the molecule is CC1(C)CC2CCC[C]1C2. The third-order valence-corrected chi connectivity index (χ3v) is 3.38. The smallest absolute Gasteiger partial charge is 0.0182 e. The third kappa shape index (κ3) is 0.889. The van der Waals surface area contributed by atoms with Gasteiger partial charge in [0.2, 0.25) is 0 Å². The molecular formula is C10H17. The van der Waals surface area contributed by atoms with E-state index in [9.17, 15) is 0 Å². The summed E-state index contributed by atoms with van der Waals surface area (Å²) in [7, 11) is 0. The summed E-state index contributed by atoms with van der Waals surface area (Å²) in [6.45, 7) is 4.85. The Morgan fingerprint density at radius 2 is 2.20 bits per heavy atom. The van der Waals surface area contributed by atoms with Crippen LogP contribution in [0.3, 0.4) is 0 Å². The van der Waals surface area contributed by atoms with Gasteiger partial charge in [0.15, 0.2) is 0 Å². The Morgan fingerprint density at radius 3 is 2.80 bits per heavy atom. The fraction of sp³-hybridized carbons (Fsp3) is 0.900. The molecule has 1 unspecified atom stereocenters. The average Bonchev–Trinajstić information content (AvgIpc) is 2.04. The quantitative estimate of drug-likeness (QED) is 0.481. The molecule has 2 aliphatic carbocycles. The van der Waals surface area contributed by atoms with Gasteiger partial charge >= 0.3 is 0 Å². The molecule has 10 heavy (non-hydrogen) atoms. The average molecular weight is 137 g/mol. The van der Waals surface area contributed by atoms with Crippen LogP contribution in [0.1, 0.15) is 46.0 Å².